The first kappa shape index (κ1) is 22.5. The van der Waals surface area contributed by atoms with Crippen LogP contribution in [0.25, 0.3) is 10.9 Å². The fourth-order valence-electron chi connectivity index (χ4n) is 3.63. The molecule has 4 rings (SSSR count). The lowest BCUT2D eigenvalue weighted by Crippen LogP contribution is -2.29. The minimum Gasteiger partial charge on any atom is -0.497 e. The number of carbonyl (C=O) groups excluding carboxylic acids is 2. The number of urea groups is 1. The fraction of sp³-hybridized carbons (Fsp3) is 0.120. The SMILES string of the molecule is CCNC(=O)Nc1ccccc1N(c1cnc2ccc(OC)cc2c1)c1ccncc1C(N)=O. The number of aromatic nitrogens is 2. The maximum atomic E-state index is 12.3. The molecule has 2 heterocycles. The van der Waals surface area contributed by atoms with Crippen molar-refractivity contribution in [1.29, 1.82) is 0 Å². The van der Waals surface area contributed by atoms with Crippen LogP contribution >= 0.6 is 0 Å². The summed E-state index contributed by atoms with van der Waals surface area (Å²) in [5.41, 5.74) is 8.98. The number of benzene rings is 2. The minimum atomic E-state index is -0.627. The van der Waals surface area contributed by atoms with Crippen LogP contribution in [0.15, 0.2) is 73.2 Å². The van der Waals surface area contributed by atoms with Gasteiger partial charge in [-0.25, -0.2) is 4.79 Å². The lowest BCUT2D eigenvalue weighted by atomic mass is 10.1. The molecule has 34 heavy (non-hydrogen) atoms. The van der Waals surface area contributed by atoms with Gasteiger partial charge in [-0.15, -0.1) is 0 Å². The van der Waals surface area contributed by atoms with Gasteiger partial charge in [-0.1, -0.05) is 12.1 Å². The molecule has 4 aromatic rings. The van der Waals surface area contributed by atoms with E-state index in [0.717, 1.165) is 10.9 Å². The standard InChI is InChI=1S/C25H24N6O3/c1-3-28-25(33)30-21-6-4-5-7-23(21)31(22-10-11-27-15-19(22)24(26)32)17-12-16-13-18(34-2)8-9-20(16)29-14-17/h4-15H,3H2,1-2H3,(H2,26,32)(H2,28,30,33). The van der Waals surface area contributed by atoms with Gasteiger partial charge in [-0.2, -0.15) is 0 Å². The third kappa shape index (κ3) is 4.58. The second kappa shape index (κ2) is 9.86. The maximum Gasteiger partial charge on any atom is 0.319 e. The number of methoxy groups -OCH3 is 1. The molecule has 2 aromatic carbocycles. The molecule has 0 saturated heterocycles. The molecule has 9 heteroatoms. The van der Waals surface area contributed by atoms with Crippen molar-refractivity contribution in [2.45, 2.75) is 6.92 Å². The van der Waals surface area contributed by atoms with E-state index in [1.807, 2.05) is 54.3 Å². The monoisotopic (exact) mass is 456 g/mol. The molecular formula is C25H24N6O3. The Balaban J connectivity index is 1.94. The predicted molar refractivity (Wildman–Crippen MR) is 132 cm³/mol. The molecule has 9 nitrogen and oxygen atoms in total. The van der Waals surface area contributed by atoms with Crippen LogP contribution in [0, 0.1) is 0 Å². The first-order chi connectivity index (χ1) is 16.5. The maximum absolute atomic E-state index is 12.3. The lowest BCUT2D eigenvalue weighted by Gasteiger charge is -2.28. The molecule has 0 radical (unpaired) electrons. The van der Waals surface area contributed by atoms with Gasteiger partial charge in [0.1, 0.15) is 5.75 Å². The molecule has 0 saturated carbocycles. The first-order valence-electron chi connectivity index (χ1n) is 10.6. The normalized spacial score (nSPS) is 10.5. The number of hydrogen-bond acceptors (Lipinski definition) is 6. The van der Waals surface area contributed by atoms with Crippen LogP contribution in [-0.4, -0.2) is 35.6 Å². The van der Waals surface area contributed by atoms with Crippen molar-refractivity contribution < 1.29 is 14.3 Å². The second-order valence-corrected chi connectivity index (χ2v) is 7.35. The Morgan fingerprint density at radius 3 is 2.65 bits per heavy atom. The molecule has 0 aliphatic rings. The van der Waals surface area contributed by atoms with Gasteiger partial charge in [-0.05, 0) is 49.4 Å². The van der Waals surface area contributed by atoms with Crippen LogP contribution in [0.5, 0.6) is 5.75 Å². The molecule has 0 unspecified atom stereocenters. The van der Waals surface area contributed by atoms with Gasteiger partial charge in [0.05, 0.1) is 47.1 Å². The van der Waals surface area contributed by atoms with Crippen molar-refractivity contribution in [3.05, 3.63) is 78.8 Å². The Bertz CT molecular complexity index is 1360. The summed E-state index contributed by atoms with van der Waals surface area (Å²) in [4.78, 5) is 35.1. The average molecular weight is 457 g/mol. The summed E-state index contributed by atoms with van der Waals surface area (Å²) in [5.74, 6) is 0.0655. The number of anilines is 4. The molecule has 0 aliphatic heterocycles. The zero-order valence-electron chi connectivity index (χ0n) is 18.8. The molecule has 4 N–H and O–H groups in total. The van der Waals surface area contributed by atoms with E-state index in [4.69, 9.17) is 10.5 Å². The molecule has 3 amide bonds. The number of primary amides is 1. The smallest absolute Gasteiger partial charge is 0.319 e. The number of hydrogen-bond donors (Lipinski definition) is 3. The first-order valence-corrected chi connectivity index (χ1v) is 10.6. The van der Waals surface area contributed by atoms with E-state index < -0.39 is 5.91 Å². The summed E-state index contributed by atoms with van der Waals surface area (Å²) in [6, 6.07) is 16.1. The van der Waals surface area contributed by atoms with Crippen molar-refractivity contribution in [3.63, 3.8) is 0 Å². The number of pyridine rings is 2. The lowest BCUT2D eigenvalue weighted by molar-refractivity contribution is 0.100. The Hall–Kier alpha value is -4.66. The van der Waals surface area contributed by atoms with E-state index in [1.165, 1.54) is 6.20 Å². The number of nitrogens with zero attached hydrogens (tertiary/aromatic N) is 3. The Kier molecular flexibility index (Phi) is 6.54. The van der Waals surface area contributed by atoms with Crippen LogP contribution in [-0.2, 0) is 0 Å². The van der Waals surface area contributed by atoms with E-state index in [1.54, 1.807) is 31.6 Å². The number of fused-ring (bicyclic) bond motifs is 1. The average Bonchev–Trinajstić information content (AvgIpc) is 2.85. The topological polar surface area (TPSA) is 122 Å². The number of carbonyl (C=O) groups is 2. The van der Waals surface area contributed by atoms with Gasteiger partial charge >= 0.3 is 6.03 Å². The van der Waals surface area contributed by atoms with Crippen molar-refractivity contribution in [2.75, 3.05) is 23.9 Å². The van der Waals surface area contributed by atoms with Gasteiger partial charge < -0.3 is 26.0 Å². The number of nitrogens with two attached hydrogens (primary N) is 1. The second-order valence-electron chi connectivity index (χ2n) is 7.35. The highest BCUT2D eigenvalue weighted by molar-refractivity contribution is 6.03. The fourth-order valence-corrected chi connectivity index (χ4v) is 3.63. The summed E-state index contributed by atoms with van der Waals surface area (Å²) >= 11 is 0. The quantitative estimate of drug-likeness (QED) is 0.380. The van der Waals surface area contributed by atoms with E-state index in [0.29, 0.717) is 35.0 Å². The molecule has 0 atom stereocenters. The van der Waals surface area contributed by atoms with Crippen LogP contribution in [0.4, 0.5) is 27.5 Å². The highest BCUT2D eigenvalue weighted by Crippen LogP contribution is 2.40. The third-order valence-electron chi connectivity index (χ3n) is 5.17. The summed E-state index contributed by atoms with van der Waals surface area (Å²) in [5, 5.41) is 6.44. The highest BCUT2D eigenvalue weighted by atomic mass is 16.5. The Labute approximate surface area is 196 Å². The van der Waals surface area contributed by atoms with Gasteiger partial charge in [0.2, 0.25) is 0 Å². The number of ether oxygens (including phenoxy) is 1. The summed E-state index contributed by atoms with van der Waals surface area (Å²) in [6.07, 6.45) is 4.69. The van der Waals surface area contributed by atoms with Crippen molar-refractivity contribution in [3.8, 4) is 5.75 Å². The van der Waals surface area contributed by atoms with Crippen molar-refractivity contribution in [1.82, 2.24) is 15.3 Å². The zero-order chi connectivity index (χ0) is 24.1. The van der Waals surface area contributed by atoms with Crippen LogP contribution < -0.4 is 26.0 Å². The van der Waals surface area contributed by atoms with Crippen LogP contribution in [0.2, 0.25) is 0 Å². The Morgan fingerprint density at radius 2 is 1.88 bits per heavy atom. The van der Waals surface area contributed by atoms with Gasteiger partial charge in [0.25, 0.3) is 5.91 Å². The van der Waals surface area contributed by atoms with Crippen molar-refractivity contribution in [2.24, 2.45) is 5.73 Å². The summed E-state index contributed by atoms with van der Waals surface area (Å²) < 4.78 is 5.36. The van der Waals surface area contributed by atoms with E-state index >= 15 is 0 Å². The summed E-state index contributed by atoms with van der Waals surface area (Å²) in [7, 11) is 1.60. The van der Waals surface area contributed by atoms with E-state index in [-0.39, 0.29) is 11.6 Å². The van der Waals surface area contributed by atoms with E-state index in [2.05, 4.69) is 20.6 Å². The largest absolute Gasteiger partial charge is 0.497 e. The van der Waals surface area contributed by atoms with Gasteiger partial charge in [-0.3, -0.25) is 14.8 Å². The molecule has 2 aromatic heterocycles. The molecule has 0 fully saturated rings. The molecular weight excluding hydrogens is 432 g/mol. The molecule has 0 aliphatic carbocycles. The third-order valence-corrected chi connectivity index (χ3v) is 5.17. The number of amides is 3. The summed E-state index contributed by atoms with van der Waals surface area (Å²) in [6.45, 7) is 2.31. The molecule has 0 spiro atoms. The van der Waals surface area contributed by atoms with Crippen LogP contribution in [0.3, 0.4) is 0 Å². The van der Waals surface area contributed by atoms with Gasteiger partial charge in [0, 0.05) is 24.3 Å². The Morgan fingerprint density at radius 1 is 1.06 bits per heavy atom. The van der Waals surface area contributed by atoms with Crippen LogP contribution in [0.1, 0.15) is 17.3 Å². The number of rotatable bonds is 7. The predicted octanol–water partition coefficient (Wildman–Crippen LogP) is 4.35. The minimum absolute atomic E-state index is 0.223. The number of para-hydroxylation sites is 2. The highest BCUT2D eigenvalue weighted by Gasteiger charge is 2.22. The van der Waals surface area contributed by atoms with E-state index in [9.17, 15) is 9.59 Å². The van der Waals surface area contributed by atoms with Crippen molar-refractivity contribution >= 4 is 45.6 Å². The van der Waals surface area contributed by atoms with Gasteiger partial charge in [0.15, 0.2) is 0 Å². The number of nitrogens with one attached hydrogen (secondary N) is 2. The molecule has 0 bridgehead atoms. The molecule has 172 valence electrons. The zero-order valence-corrected chi connectivity index (χ0v) is 18.8.